The lowest BCUT2D eigenvalue weighted by Crippen LogP contribution is -1.77. The summed E-state index contributed by atoms with van der Waals surface area (Å²) in [6.45, 7) is 4.91. The van der Waals surface area contributed by atoms with Gasteiger partial charge in [0, 0.05) is 6.42 Å². The molecule has 0 atom stereocenters. The highest BCUT2D eigenvalue weighted by molar-refractivity contribution is 5.27. The molecule has 0 unspecified atom stereocenters. The van der Waals surface area contributed by atoms with Gasteiger partial charge in [0.1, 0.15) is 5.76 Å². The molecule has 0 aliphatic carbocycles. The van der Waals surface area contributed by atoms with E-state index in [4.69, 9.17) is 4.74 Å². The molecule has 0 aromatic carbocycles. The fourth-order valence-electron chi connectivity index (χ4n) is 1.04. The van der Waals surface area contributed by atoms with Crippen LogP contribution in [0.3, 0.4) is 0 Å². The largest absolute Gasteiger partial charge is 0.493 e. The first-order valence-electron chi connectivity index (χ1n) is 3.33. The Bertz CT molecular complexity index is 136. The van der Waals surface area contributed by atoms with Crippen molar-refractivity contribution in [1.82, 2.24) is 0 Å². The summed E-state index contributed by atoms with van der Waals surface area (Å²) in [4.78, 5) is 0. The fraction of sp³-hybridized carbons (Fsp3) is 0.500. The molecule has 0 radical (unpaired) electrons. The number of hydrogen-bond acceptors (Lipinski definition) is 1. The van der Waals surface area contributed by atoms with E-state index in [9.17, 15) is 0 Å². The lowest BCUT2D eigenvalue weighted by atomic mass is 10.2. The van der Waals surface area contributed by atoms with E-state index in [2.05, 4.69) is 6.08 Å². The highest BCUT2D eigenvalue weighted by Crippen LogP contribution is 2.22. The maximum atomic E-state index is 5.30. The summed E-state index contributed by atoms with van der Waals surface area (Å²) in [6, 6.07) is 0. The SMILES string of the molecule is CC=C1CCOC1=CC. The summed E-state index contributed by atoms with van der Waals surface area (Å²) in [5.74, 6) is 1.07. The lowest BCUT2D eigenvalue weighted by molar-refractivity contribution is 0.265. The highest BCUT2D eigenvalue weighted by Gasteiger charge is 2.11. The normalized spacial score (nSPS) is 27.3. The third kappa shape index (κ3) is 1.15. The summed E-state index contributed by atoms with van der Waals surface area (Å²) >= 11 is 0. The maximum Gasteiger partial charge on any atom is 0.118 e. The van der Waals surface area contributed by atoms with Gasteiger partial charge in [-0.2, -0.15) is 0 Å². The van der Waals surface area contributed by atoms with E-state index < -0.39 is 0 Å². The average Bonchev–Trinajstić information content (AvgIpc) is 2.33. The average molecular weight is 124 g/mol. The fourth-order valence-corrected chi connectivity index (χ4v) is 1.04. The zero-order valence-electron chi connectivity index (χ0n) is 5.98. The van der Waals surface area contributed by atoms with Crippen LogP contribution >= 0.6 is 0 Å². The molecule has 1 aliphatic rings. The summed E-state index contributed by atoms with van der Waals surface area (Å²) < 4.78 is 5.30. The van der Waals surface area contributed by atoms with Gasteiger partial charge in [0.25, 0.3) is 0 Å². The molecule has 0 amide bonds. The Labute approximate surface area is 56.0 Å². The number of hydrogen-bond donors (Lipinski definition) is 0. The van der Waals surface area contributed by atoms with Crippen molar-refractivity contribution in [3.8, 4) is 0 Å². The first-order chi connectivity index (χ1) is 4.38. The van der Waals surface area contributed by atoms with Gasteiger partial charge in [0.15, 0.2) is 0 Å². The number of ether oxygens (including phenoxy) is 1. The molecule has 0 bridgehead atoms. The minimum absolute atomic E-state index is 0.860. The van der Waals surface area contributed by atoms with Gasteiger partial charge in [-0.25, -0.2) is 0 Å². The van der Waals surface area contributed by atoms with Crippen LogP contribution in [0.15, 0.2) is 23.5 Å². The van der Waals surface area contributed by atoms with Crippen LogP contribution in [0.4, 0.5) is 0 Å². The zero-order valence-corrected chi connectivity index (χ0v) is 5.98. The van der Waals surface area contributed by atoms with E-state index in [-0.39, 0.29) is 0 Å². The van der Waals surface area contributed by atoms with Crippen molar-refractivity contribution >= 4 is 0 Å². The van der Waals surface area contributed by atoms with E-state index in [1.807, 2.05) is 19.9 Å². The Kier molecular flexibility index (Phi) is 1.93. The Morgan fingerprint density at radius 1 is 1.33 bits per heavy atom. The molecular formula is C8H12O. The van der Waals surface area contributed by atoms with Crippen LogP contribution in [0, 0.1) is 0 Å². The van der Waals surface area contributed by atoms with Crippen molar-refractivity contribution in [2.75, 3.05) is 6.61 Å². The molecular weight excluding hydrogens is 112 g/mol. The van der Waals surface area contributed by atoms with Crippen LogP contribution in [0.25, 0.3) is 0 Å². The predicted octanol–water partition coefficient (Wildman–Crippen LogP) is 2.26. The van der Waals surface area contributed by atoms with Crippen LogP contribution in [0.2, 0.25) is 0 Å². The van der Waals surface area contributed by atoms with Crippen LogP contribution in [0.5, 0.6) is 0 Å². The van der Waals surface area contributed by atoms with Crippen molar-refractivity contribution in [2.24, 2.45) is 0 Å². The third-order valence-electron chi connectivity index (χ3n) is 1.56. The molecule has 1 aliphatic heterocycles. The molecule has 1 heterocycles. The standard InChI is InChI=1S/C8H12O/c1-3-7-5-6-9-8(7)4-2/h3-4H,5-6H2,1-2H3. The van der Waals surface area contributed by atoms with Crippen LogP contribution in [-0.4, -0.2) is 6.61 Å². The molecule has 0 N–H and O–H groups in total. The molecule has 0 aromatic heterocycles. The molecule has 0 spiro atoms. The first kappa shape index (κ1) is 6.40. The van der Waals surface area contributed by atoms with Gasteiger partial charge in [0.2, 0.25) is 0 Å². The smallest absolute Gasteiger partial charge is 0.118 e. The van der Waals surface area contributed by atoms with Crippen LogP contribution in [0.1, 0.15) is 20.3 Å². The van der Waals surface area contributed by atoms with E-state index in [1.54, 1.807) is 0 Å². The monoisotopic (exact) mass is 124 g/mol. The second-order valence-electron chi connectivity index (χ2n) is 2.07. The minimum Gasteiger partial charge on any atom is -0.493 e. The summed E-state index contributed by atoms with van der Waals surface area (Å²) in [5.41, 5.74) is 1.34. The topological polar surface area (TPSA) is 9.23 Å². The summed E-state index contributed by atoms with van der Waals surface area (Å²) in [5, 5.41) is 0. The Balaban J connectivity index is 2.75. The highest BCUT2D eigenvalue weighted by atomic mass is 16.5. The van der Waals surface area contributed by atoms with Crippen molar-refractivity contribution in [1.29, 1.82) is 0 Å². The van der Waals surface area contributed by atoms with Crippen molar-refractivity contribution in [2.45, 2.75) is 20.3 Å². The molecule has 50 valence electrons. The predicted molar refractivity (Wildman–Crippen MR) is 38.1 cm³/mol. The number of rotatable bonds is 0. The van der Waals surface area contributed by atoms with E-state index in [1.165, 1.54) is 5.57 Å². The third-order valence-corrected chi connectivity index (χ3v) is 1.56. The summed E-state index contributed by atoms with van der Waals surface area (Å²) in [7, 11) is 0. The maximum absolute atomic E-state index is 5.30. The quantitative estimate of drug-likeness (QED) is 0.481. The van der Waals surface area contributed by atoms with Gasteiger partial charge >= 0.3 is 0 Å². The molecule has 0 aromatic rings. The lowest BCUT2D eigenvalue weighted by Gasteiger charge is -1.95. The zero-order chi connectivity index (χ0) is 6.69. The number of allylic oxidation sites excluding steroid dienone is 3. The van der Waals surface area contributed by atoms with E-state index >= 15 is 0 Å². The molecule has 1 rings (SSSR count). The Morgan fingerprint density at radius 2 is 2.11 bits per heavy atom. The van der Waals surface area contributed by atoms with Crippen LogP contribution in [-0.2, 0) is 4.74 Å². The first-order valence-corrected chi connectivity index (χ1v) is 3.33. The Hall–Kier alpha value is -0.720. The molecule has 0 saturated carbocycles. The van der Waals surface area contributed by atoms with Gasteiger partial charge in [-0.15, -0.1) is 0 Å². The molecule has 9 heavy (non-hydrogen) atoms. The second kappa shape index (κ2) is 2.72. The van der Waals surface area contributed by atoms with E-state index in [0.717, 1.165) is 18.8 Å². The Morgan fingerprint density at radius 3 is 2.56 bits per heavy atom. The molecule has 1 fully saturated rings. The van der Waals surface area contributed by atoms with Crippen LogP contribution < -0.4 is 0 Å². The van der Waals surface area contributed by atoms with Gasteiger partial charge in [-0.3, -0.25) is 0 Å². The van der Waals surface area contributed by atoms with Crippen molar-refractivity contribution in [3.63, 3.8) is 0 Å². The molecule has 1 heteroatoms. The van der Waals surface area contributed by atoms with Gasteiger partial charge in [-0.05, 0) is 25.5 Å². The summed E-state index contributed by atoms with van der Waals surface area (Å²) in [6.07, 6.45) is 5.21. The van der Waals surface area contributed by atoms with Gasteiger partial charge in [0.05, 0.1) is 6.61 Å². The van der Waals surface area contributed by atoms with E-state index in [0.29, 0.717) is 0 Å². The molecule has 1 saturated heterocycles. The van der Waals surface area contributed by atoms with Crippen molar-refractivity contribution in [3.05, 3.63) is 23.5 Å². The minimum atomic E-state index is 0.860. The molecule has 1 nitrogen and oxygen atoms in total. The second-order valence-corrected chi connectivity index (χ2v) is 2.07. The van der Waals surface area contributed by atoms with Crippen molar-refractivity contribution < 1.29 is 4.74 Å². The van der Waals surface area contributed by atoms with Gasteiger partial charge < -0.3 is 4.74 Å². The van der Waals surface area contributed by atoms with Gasteiger partial charge in [-0.1, -0.05) is 6.08 Å².